The highest BCUT2D eigenvalue weighted by Crippen LogP contribution is 2.15. The molecule has 3 rings (SSSR count). The number of nitrogens with zero attached hydrogens (tertiary/aromatic N) is 1. The van der Waals surface area contributed by atoms with Crippen molar-refractivity contribution >= 4 is 27.5 Å². The molecule has 0 fully saturated rings. The number of thiazole rings is 1. The lowest BCUT2D eigenvalue weighted by Crippen LogP contribution is -2.09. The second-order valence-corrected chi connectivity index (χ2v) is 4.54. The Balaban J connectivity index is 0.000000149. The Bertz CT molecular complexity index is 640. The molecule has 1 aromatic heterocycles. The summed E-state index contributed by atoms with van der Waals surface area (Å²) in [5.41, 5.74) is 3.37. The summed E-state index contributed by atoms with van der Waals surface area (Å²) in [6.45, 7) is 0. The molecular weight excluding hydrogens is 276 g/mol. The lowest BCUT2D eigenvalue weighted by atomic mass is 10.2. The van der Waals surface area contributed by atoms with Crippen LogP contribution in [0, 0.1) is 0 Å². The summed E-state index contributed by atoms with van der Waals surface area (Å²) in [6, 6.07) is 16.5. The highest BCUT2D eigenvalue weighted by molar-refractivity contribution is 7.16. The van der Waals surface area contributed by atoms with Gasteiger partial charge in [-0.1, -0.05) is 35.3 Å². The van der Waals surface area contributed by atoms with Crippen LogP contribution in [-0.2, 0) is 9.88 Å². The van der Waals surface area contributed by atoms with Crippen molar-refractivity contribution in [3.63, 3.8) is 0 Å². The topological polar surface area (TPSA) is 74.4 Å². The van der Waals surface area contributed by atoms with Gasteiger partial charge in [-0.3, -0.25) is 4.89 Å². The molecule has 0 aliphatic heterocycles. The molecule has 0 aliphatic carbocycles. The van der Waals surface area contributed by atoms with E-state index >= 15 is 0 Å². The van der Waals surface area contributed by atoms with E-state index in [2.05, 4.69) is 26.8 Å². The van der Waals surface area contributed by atoms with E-state index in [0.29, 0.717) is 5.56 Å². The van der Waals surface area contributed by atoms with Crippen molar-refractivity contribution in [3.8, 4) is 0 Å². The van der Waals surface area contributed by atoms with Gasteiger partial charge in [-0.25, -0.2) is 9.78 Å². The Morgan fingerprint density at radius 2 is 1.75 bits per heavy atom. The van der Waals surface area contributed by atoms with Crippen molar-refractivity contribution < 1.29 is 14.7 Å². The average molecular weight is 288 g/mol. The smallest absolute Gasteiger partial charge is 0.275 e. The predicted octanol–water partition coefficient (Wildman–Crippen LogP) is 2.95. The van der Waals surface area contributed by atoms with Gasteiger partial charge in [0.25, 0.3) is 0 Å². The highest BCUT2D eigenvalue weighted by Gasteiger charge is 2.04. The van der Waals surface area contributed by atoms with E-state index in [0.717, 1.165) is 5.52 Å². The standard InChI is InChI=1S/C7H7NO3.C7H5NS/c8-11-10-7(9)6-4-2-1-3-5-6;1-2-4-7-6(3-1)8-5-9-7/h1-5H,8H2;1-5H. The maximum Gasteiger partial charge on any atom is 0.375 e. The van der Waals surface area contributed by atoms with Crippen LogP contribution in [-0.4, -0.2) is 11.0 Å². The monoisotopic (exact) mass is 288 g/mol. The molecule has 5 nitrogen and oxygen atoms in total. The average Bonchev–Trinajstić information content (AvgIpc) is 2.97. The van der Waals surface area contributed by atoms with Crippen molar-refractivity contribution in [2.45, 2.75) is 0 Å². The van der Waals surface area contributed by atoms with Crippen molar-refractivity contribution in [2.75, 3.05) is 0 Å². The SMILES string of the molecule is NOOC(=O)c1ccccc1.c1ccc2scnc2c1. The summed E-state index contributed by atoms with van der Waals surface area (Å²) in [5.74, 6) is 3.92. The van der Waals surface area contributed by atoms with Crippen LogP contribution in [0.2, 0.25) is 0 Å². The molecule has 3 aromatic rings. The molecule has 0 radical (unpaired) electrons. The molecule has 0 unspecified atom stereocenters. The minimum Gasteiger partial charge on any atom is -0.275 e. The van der Waals surface area contributed by atoms with Crippen LogP contribution in [0.25, 0.3) is 10.2 Å². The van der Waals surface area contributed by atoms with Gasteiger partial charge in [-0.05, 0) is 24.3 Å². The van der Waals surface area contributed by atoms with E-state index in [-0.39, 0.29) is 0 Å². The maximum absolute atomic E-state index is 10.8. The Kier molecular flexibility index (Phi) is 5.19. The minimum absolute atomic E-state index is 0.401. The van der Waals surface area contributed by atoms with Gasteiger partial charge in [0.1, 0.15) is 0 Å². The van der Waals surface area contributed by atoms with Crippen LogP contribution in [0.3, 0.4) is 0 Å². The molecule has 2 N–H and O–H groups in total. The molecule has 0 aliphatic rings. The zero-order valence-corrected chi connectivity index (χ0v) is 11.2. The number of carbonyl (C=O) groups excluding carboxylic acids is 1. The van der Waals surface area contributed by atoms with Crippen molar-refractivity contribution in [1.29, 1.82) is 0 Å². The van der Waals surface area contributed by atoms with Gasteiger partial charge < -0.3 is 0 Å². The van der Waals surface area contributed by atoms with Gasteiger partial charge in [-0.2, -0.15) is 5.90 Å². The molecule has 102 valence electrons. The molecule has 0 spiro atoms. The number of fused-ring (bicyclic) bond motifs is 1. The first-order valence-corrected chi connectivity index (χ1v) is 6.60. The molecule has 0 atom stereocenters. The Labute approximate surface area is 119 Å². The van der Waals surface area contributed by atoms with Crippen LogP contribution >= 0.6 is 11.3 Å². The lowest BCUT2D eigenvalue weighted by Gasteiger charge is -1.96. The van der Waals surface area contributed by atoms with Gasteiger partial charge in [0.2, 0.25) is 0 Å². The Morgan fingerprint density at radius 3 is 2.45 bits per heavy atom. The number of hydrogen-bond acceptors (Lipinski definition) is 6. The van der Waals surface area contributed by atoms with Crippen molar-refractivity contribution in [2.24, 2.45) is 5.90 Å². The maximum atomic E-state index is 10.8. The second kappa shape index (κ2) is 7.34. The zero-order chi connectivity index (χ0) is 14.2. The third-order valence-corrected chi connectivity index (χ3v) is 3.18. The van der Waals surface area contributed by atoms with Crippen LogP contribution in [0.1, 0.15) is 10.4 Å². The minimum atomic E-state index is -0.604. The Hall–Kier alpha value is -2.28. The predicted molar refractivity (Wildman–Crippen MR) is 76.7 cm³/mol. The summed E-state index contributed by atoms with van der Waals surface area (Å²) >= 11 is 1.68. The third kappa shape index (κ3) is 3.86. The summed E-state index contributed by atoms with van der Waals surface area (Å²) < 4.78 is 1.26. The summed E-state index contributed by atoms with van der Waals surface area (Å²) in [7, 11) is 0. The highest BCUT2D eigenvalue weighted by atomic mass is 32.1. The number of hydrogen-bond donors (Lipinski definition) is 1. The molecule has 2 aromatic carbocycles. The third-order valence-electron chi connectivity index (χ3n) is 2.37. The second-order valence-electron chi connectivity index (χ2n) is 3.65. The van der Waals surface area contributed by atoms with Crippen LogP contribution < -0.4 is 5.90 Å². The first-order valence-electron chi connectivity index (χ1n) is 5.72. The van der Waals surface area contributed by atoms with E-state index in [1.165, 1.54) is 4.70 Å². The normalized spacial score (nSPS) is 9.65. The van der Waals surface area contributed by atoms with Gasteiger partial charge in [0.05, 0.1) is 21.3 Å². The van der Waals surface area contributed by atoms with E-state index in [1.54, 1.807) is 41.7 Å². The first kappa shape index (κ1) is 14.1. The summed E-state index contributed by atoms with van der Waals surface area (Å²) in [4.78, 5) is 22.7. The summed E-state index contributed by atoms with van der Waals surface area (Å²) in [5, 5.41) is 0. The van der Waals surface area contributed by atoms with Crippen LogP contribution in [0.4, 0.5) is 0 Å². The largest absolute Gasteiger partial charge is 0.375 e. The number of nitrogens with two attached hydrogens (primary N) is 1. The van der Waals surface area contributed by atoms with E-state index in [9.17, 15) is 4.79 Å². The van der Waals surface area contributed by atoms with E-state index < -0.39 is 5.97 Å². The first-order chi connectivity index (χ1) is 9.81. The fraction of sp³-hybridized carbons (Fsp3) is 0. The number of carbonyl (C=O) groups is 1. The molecule has 0 saturated heterocycles. The van der Waals surface area contributed by atoms with Crippen molar-refractivity contribution in [3.05, 3.63) is 65.7 Å². The fourth-order valence-corrected chi connectivity index (χ4v) is 2.15. The molecular formula is C14H12N2O3S. The van der Waals surface area contributed by atoms with Crippen molar-refractivity contribution in [1.82, 2.24) is 4.98 Å². The molecule has 0 amide bonds. The number of para-hydroxylation sites is 1. The van der Waals surface area contributed by atoms with Gasteiger partial charge in [0, 0.05) is 0 Å². The molecule has 1 heterocycles. The van der Waals surface area contributed by atoms with Gasteiger partial charge in [-0.15, -0.1) is 11.3 Å². The van der Waals surface area contributed by atoms with E-state index in [1.807, 2.05) is 23.7 Å². The molecule has 0 saturated carbocycles. The number of benzene rings is 2. The van der Waals surface area contributed by atoms with Gasteiger partial charge in [0.15, 0.2) is 0 Å². The zero-order valence-electron chi connectivity index (χ0n) is 10.4. The number of rotatable bonds is 2. The van der Waals surface area contributed by atoms with E-state index in [4.69, 9.17) is 0 Å². The number of aromatic nitrogens is 1. The van der Waals surface area contributed by atoms with Gasteiger partial charge >= 0.3 is 5.97 Å². The fourth-order valence-electron chi connectivity index (χ4n) is 1.47. The molecule has 6 heteroatoms. The quantitative estimate of drug-likeness (QED) is 0.579. The van der Waals surface area contributed by atoms with Crippen LogP contribution in [0.15, 0.2) is 60.1 Å². The Morgan fingerprint density at radius 1 is 1.05 bits per heavy atom. The molecule has 0 bridgehead atoms. The van der Waals surface area contributed by atoms with Crippen LogP contribution in [0.5, 0.6) is 0 Å². The molecule has 20 heavy (non-hydrogen) atoms. The lowest BCUT2D eigenvalue weighted by molar-refractivity contribution is -0.245. The summed E-state index contributed by atoms with van der Waals surface area (Å²) in [6.07, 6.45) is 0.